The van der Waals surface area contributed by atoms with Crippen molar-refractivity contribution in [2.75, 3.05) is 0 Å². The largest absolute Gasteiger partial charge is 0.361 e. The first-order valence-electron chi connectivity index (χ1n) is 8.30. The van der Waals surface area contributed by atoms with Gasteiger partial charge in [-0.25, -0.2) is 0 Å². The number of aromatic nitrogens is 1. The number of fused-ring (bicyclic) bond motifs is 1. The van der Waals surface area contributed by atoms with E-state index in [0.29, 0.717) is 12.5 Å². The first kappa shape index (κ1) is 17.5. The van der Waals surface area contributed by atoms with Crippen LogP contribution in [0.2, 0.25) is 0 Å². The molecular weight excluding hydrogens is 411 g/mol. The van der Waals surface area contributed by atoms with E-state index in [-0.39, 0.29) is 6.04 Å². The van der Waals surface area contributed by atoms with Gasteiger partial charge in [-0.05, 0) is 64.3 Å². The molecule has 2 N–H and O–H groups in total. The Kier molecular flexibility index (Phi) is 5.58. The van der Waals surface area contributed by atoms with Gasteiger partial charge in [-0.1, -0.05) is 44.2 Å². The van der Waals surface area contributed by atoms with Crippen LogP contribution in [-0.2, 0) is 6.54 Å². The van der Waals surface area contributed by atoms with Crippen LogP contribution >= 0.6 is 22.6 Å². The molecule has 0 saturated heterocycles. The molecule has 4 heteroatoms. The van der Waals surface area contributed by atoms with Crippen LogP contribution in [0.3, 0.4) is 0 Å². The number of hydrogen-bond donors (Lipinski definition) is 2. The van der Waals surface area contributed by atoms with Crippen molar-refractivity contribution in [3.8, 4) is 0 Å². The van der Waals surface area contributed by atoms with Gasteiger partial charge in [-0.3, -0.25) is 0 Å². The van der Waals surface area contributed by atoms with Crippen LogP contribution in [0.1, 0.15) is 37.4 Å². The molecule has 0 fully saturated rings. The van der Waals surface area contributed by atoms with Gasteiger partial charge in [0, 0.05) is 27.2 Å². The smallest absolute Gasteiger partial charge is 0.0626 e. The van der Waals surface area contributed by atoms with Gasteiger partial charge in [-0.15, -0.1) is 0 Å². The first-order valence-corrected chi connectivity index (χ1v) is 9.38. The molecule has 1 unspecified atom stereocenters. The van der Waals surface area contributed by atoms with E-state index in [2.05, 4.69) is 59.6 Å². The lowest BCUT2D eigenvalue weighted by atomic mass is 9.96. The molecule has 3 rings (SSSR count). The van der Waals surface area contributed by atoms with Gasteiger partial charge in [0.2, 0.25) is 0 Å². The molecule has 0 aliphatic rings. The lowest BCUT2D eigenvalue weighted by Crippen LogP contribution is -2.26. The Morgan fingerprint density at radius 2 is 1.88 bits per heavy atom. The molecule has 2 aromatic carbocycles. The lowest BCUT2D eigenvalue weighted by Gasteiger charge is -2.27. The quantitative estimate of drug-likeness (QED) is 0.383. The van der Waals surface area contributed by atoms with Crippen LogP contribution in [-0.4, -0.2) is 15.3 Å². The fourth-order valence-corrected chi connectivity index (χ4v) is 3.62. The highest BCUT2D eigenvalue weighted by atomic mass is 127. The Bertz CT molecular complexity index is 798. The number of halogens is 1. The van der Waals surface area contributed by atoms with Gasteiger partial charge < -0.3 is 10.2 Å². The van der Waals surface area contributed by atoms with Gasteiger partial charge in [0.25, 0.3) is 0 Å². The van der Waals surface area contributed by atoms with E-state index >= 15 is 0 Å². The maximum absolute atomic E-state index is 10.8. The van der Waals surface area contributed by atoms with E-state index in [1.165, 1.54) is 14.0 Å². The predicted octanol–water partition coefficient (Wildman–Crippen LogP) is 5.75. The molecule has 24 heavy (non-hydrogen) atoms. The Balaban J connectivity index is 1.94. The zero-order valence-corrected chi connectivity index (χ0v) is 16.2. The minimum absolute atomic E-state index is 0.0304. The molecule has 0 saturated carbocycles. The fourth-order valence-electron chi connectivity index (χ4n) is 3.13. The topological polar surface area (TPSA) is 39.3 Å². The molecule has 0 bridgehead atoms. The highest BCUT2D eigenvalue weighted by Crippen LogP contribution is 2.33. The standard InChI is InChI=1S/C20H23IN2O/c1-14(2)10-20(23(24)13-15-6-4-3-5-7-15)18-12-22-19-9-8-16(21)11-17(18)19/h3-9,11-12,14,20,22,24H,10,13H2,1-2H3. The lowest BCUT2D eigenvalue weighted by molar-refractivity contribution is -0.141. The van der Waals surface area contributed by atoms with Crippen LogP contribution in [0.25, 0.3) is 10.9 Å². The molecule has 3 aromatic rings. The van der Waals surface area contributed by atoms with Crippen LogP contribution in [0.4, 0.5) is 0 Å². The summed E-state index contributed by atoms with van der Waals surface area (Å²) in [6, 6.07) is 16.5. The zero-order chi connectivity index (χ0) is 17.1. The Morgan fingerprint density at radius 3 is 2.58 bits per heavy atom. The van der Waals surface area contributed by atoms with Crippen molar-refractivity contribution < 1.29 is 5.21 Å². The maximum atomic E-state index is 10.8. The summed E-state index contributed by atoms with van der Waals surface area (Å²) >= 11 is 2.34. The second-order valence-electron chi connectivity index (χ2n) is 6.66. The normalized spacial score (nSPS) is 13.1. The number of hydrogen-bond acceptors (Lipinski definition) is 2. The summed E-state index contributed by atoms with van der Waals surface area (Å²) in [7, 11) is 0. The zero-order valence-electron chi connectivity index (χ0n) is 14.0. The van der Waals surface area contributed by atoms with E-state index in [1.807, 2.05) is 36.5 Å². The molecule has 0 amide bonds. The van der Waals surface area contributed by atoms with Gasteiger partial charge in [0.15, 0.2) is 0 Å². The number of aromatic amines is 1. The van der Waals surface area contributed by atoms with Crippen LogP contribution in [0, 0.1) is 9.49 Å². The van der Waals surface area contributed by atoms with Crippen molar-refractivity contribution in [3.05, 3.63) is 69.4 Å². The Labute approximate surface area is 156 Å². The highest BCUT2D eigenvalue weighted by Gasteiger charge is 2.23. The van der Waals surface area contributed by atoms with E-state index < -0.39 is 0 Å². The van der Waals surface area contributed by atoms with Crippen molar-refractivity contribution in [1.82, 2.24) is 10.0 Å². The summed E-state index contributed by atoms with van der Waals surface area (Å²) < 4.78 is 1.21. The first-order chi connectivity index (χ1) is 11.5. The molecular formula is C20H23IN2O. The van der Waals surface area contributed by atoms with E-state index in [1.54, 1.807) is 0 Å². The monoisotopic (exact) mass is 434 g/mol. The number of rotatable bonds is 6. The minimum Gasteiger partial charge on any atom is -0.361 e. The SMILES string of the molecule is CC(C)CC(c1c[nH]c2ccc(I)cc12)N(O)Cc1ccccc1. The third kappa shape index (κ3) is 3.99. The predicted molar refractivity (Wildman–Crippen MR) is 107 cm³/mol. The average molecular weight is 434 g/mol. The summed E-state index contributed by atoms with van der Waals surface area (Å²) in [5, 5.41) is 13.5. The van der Waals surface area contributed by atoms with Gasteiger partial charge >= 0.3 is 0 Å². The summed E-state index contributed by atoms with van der Waals surface area (Å²) in [5.74, 6) is 0.494. The molecule has 1 aromatic heterocycles. The average Bonchev–Trinajstić information content (AvgIpc) is 2.96. The molecule has 126 valence electrons. The number of nitrogens with one attached hydrogen (secondary N) is 1. The molecule has 1 atom stereocenters. The molecule has 3 nitrogen and oxygen atoms in total. The van der Waals surface area contributed by atoms with Crippen molar-refractivity contribution in [2.45, 2.75) is 32.9 Å². The van der Waals surface area contributed by atoms with E-state index in [0.717, 1.165) is 23.1 Å². The van der Waals surface area contributed by atoms with E-state index in [4.69, 9.17) is 0 Å². The van der Waals surface area contributed by atoms with E-state index in [9.17, 15) is 5.21 Å². The highest BCUT2D eigenvalue weighted by molar-refractivity contribution is 14.1. The Hall–Kier alpha value is -1.37. The molecule has 0 radical (unpaired) electrons. The van der Waals surface area contributed by atoms with Crippen molar-refractivity contribution >= 4 is 33.5 Å². The van der Waals surface area contributed by atoms with Crippen LogP contribution < -0.4 is 0 Å². The summed E-state index contributed by atoms with van der Waals surface area (Å²) in [6.07, 6.45) is 2.95. The number of hydroxylamine groups is 2. The second kappa shape index (κ2) is 7.68. The van der Waals surface area contributed by atoms with Crippen molar-refractivity contribution in [3.63, 3.8) is 0 Å². The number of nitrogens with zero attached hydrogens (tertiary/aromatic N) is 1. The number of benzene rings is 2. The molecule has 1 heterocycles. The van der Waals surface area contributed by atoms with Gasteiger partial charge in [0.1, 0.15) is 0 Å². The van der Waals surface area contributed by atoms with Crippen molar-refractivity contribution in [1.29, 1.82) is 0 Å². The minimum atomic E-state index is -0.0304. The van der Waals surface area contributed by atoms with Crippen molar-refractivity contribution in [2.24, 2.45) is 5.92 Å². The van der Waals surface area contributed by atoms with Crippen LogP contribution in [0.15, 0.2) is 54.7 Å². The molecule has 0 spiro atoms. The summed E-state index contributed by atoms with van der Waals surface area (Å²) in [6.45, 7) is 4.92. The second-order valence-corrected chi connectivity index (χ2v) is 7.91. The maximum Gasteiger partial charge on any atom is 0.0626 e. The van der Waals surface area contributed by atoms with Gasteiger partial charge in [-0.2, -0.15) is 5.06 Å². The fraction of sp³-hybridized carbons (Fsp3) is 0.300. The summed E-state index contributed by atoms with van der Waals surface area (Å²) in [4.78, 5) is 3.35. The number of H-pyrrole nitrogens is 1. The van der Waals surface area contributed by atoms with Crippen LogP contribution in [0.5, 0.6) is 0 Å². The molecule has 0 aliphatic heterocycles. The van der Waals surface area contributed by atoms with Gasteiger partial charge in [0.05, 0.1) is 6.04 Å². The third-order valence-electron chi connectivity index (χ3n) is 4.28. The third-order valence-corrected chi connectivity index (χ3v) is 4.95. The summed E-state index contributed by atoms with van der Waals surface area (Å²) in [5.41, 5.74) is 3.39. The Morgan fingerprint density at radius 1 is 1.12 bits per heavy atom. The molecule has 0 aliphatic carbocycles.